The normalized spacial score (nSPS) is 18.4. The van der Waals surface area contributed by atoms with Gasteiger partial charge in [0.25, 0.3) is 0 Å². The second kappa shape index (κ2) is 6.34. The van der Waals surface area contributed by atoms with Crippen molar-refractivity contribution in [1.29, 1.82) is 0 Å². The minimum Gasteiger partial charge on any atom is -0.354 e. The summed E-state index contributed by atoms with van der Waals surface area (Å²) in [5, 5.41) is 5.81. The number of rotatable bonds is 5. The van der Waals surface area contributed by atoms with E-state index in [1.807, 2.05) is 24.3 Å². The zero-order valence-electron chi connectivity index (χ0n) is 11.3. The van der Waals surface area contributed by atoms with E-state index in [4.69, 9.17) is 0 Å². The highest BCUT2D eigenvalue weighted by atomic mass is 32.2. The SMILES string of the molecule is CNS(=O)(=O)CCNC(=O)[C@@H]1Cc2ccccc2CN1. The molecule has 110 valence electrons. The molecule has 20 heavy (non-hydrogen) atoms. The van der Waals surface area contributed by atoms with Crippen molar-refractivity contribution in [2.75, 3.05) is 19.3 Å². The lowest BCUT2D eigenvalue weighted by atomic mass is 9.95. The molecule has 3 N–H and O–H groups in total. The average Bonchev–Trinajstić information content (AvgIpc) is 2.46. The van der Waals surface area contributed by atoms with Crippen LogP contribution in [0.15, 0.2) is 24.3 Å². The topological polar surface area (TPSA) is 87.3 Å². The zero-order chi connectivity index (χ0) is 14.6. The Labute approximate surface area is 119 Å². The summed E-state index contributed by atoms with van der Waals surface area (Å²) in [4.78, 5) is 12.0. The van der Waals surface area contributed by atoms with E-state index in [2.05, 4.69) is 15.4 Å². The Morgan fingerprint density at radius 1 is 1.35 bits per heavy atom. The van der Waals surface area contributed by atoms with E-state index in [0.29, 0.717) is 13.0 Å². The van der Waals surface area contributed by atoms with Crippen molar-refractivity contribution in [2.24, 2.45) is 0 Å². The molecule has 1 atom stereocenters. The number of sulfonamides is 1. The van der Waals surface area contributed by atoms with Crippen LogP contribution in [-0.4, -0.2) is 39.7 Å². The molecule has 1 aliphatic heterocycles. The van der Waals surface area contributed by atoms with Crippen molar-refractivity contribution < 1.29 is 13.2 Å². The quantitative estimate of drug-likeness (QED) is 0.675. The van der Waals surface area contributed by atoms with Gasteiger partial charge in [-0.2, -0.15) is 0 Å². The minimum absolute atomic E-state index is 0.113. The summed E-state index contributed by atoms with van der Waals surface area (Å²) < 4.78 is 24.7. The van der Waals surface area contributed by atoms with Crippen LogP contribution in [0.1, 0.15) is 11.1 Å². The minimum atomic E-state index is -3.28. The highest BCUT2D eigenvalue weighted by Crippen LogP contribution is 2.16. The monoisotopic (exact) mass is 297 g/mol. The molecule has 0 unspecified atom stereocenters. The Balaban J connectivity index is 1.86. The molecule has 0 fully saturated rings. The van der Waals surface area contributed by atoms with Gasteiger partial charge in [0.05, 0.1) is 11.8 Å². The van der Waals surface area contributed by atoms with Gasteiger partial charge in [0.15, 0.2) is 0 Å². The van der Waals surface area contributed by atoms with E-state index in [0.717, 1.165) is 5.56 Å². The van der Waals surface area contributed by atoms with Crippen molar-refractivity contribution in [3.05, 3.63) is 35.4 Å². The fraction of sp³-hybridized carbons (Fsp3) is 0.462. The Morgan fingerprint density at radius 3 is 2.75 bits per heavy atom. The first-order chi connectivity index (χ1) is 9.52. The van der Waals surface area contributed by atoms with E-state index in [1.165, 1.54) is 12.6 Å². The average molecular weight is 297 g/mol. The smallest absolute Gasteiger partial charge is 0.237 e. The van der Waals surface area contributed by atoms with E-state index in [9.17, 15) is 13.2 Å². The molecule has 0 radical (unpaired) electrons. The molecule has 2 rings (SSSR count). The molecular weight excluding hydrogens is 278 g/mol. The molecule has 1 aromatic carbocycles. The van der Waals surface area contributed by atoms with Crippen LogP contribution < -0.4 is 15.4 Å². The van der Waals surface area contributed by atoms with Gasteiger partial charge in [0.1, 0.15) is 0 Å². The summed E-state index contributed by atoms with van der Waals surface area (Å²) >= 11 is 0. The summed E-state index contributed by atoms with van der Waals surface area (Å²) in [5.41, 5.74) is 2.36. The molecule has 1 heterocycles. The Morgan fingerprint density at radius 2 is 2.05 bits per heavy atom. The Hall–Kier alpha value is -1.44. The van der Waals surface area contributed by atoms with Crippen molar-refractivity contribution in [3.8, 4) is 0 Å². The lowest BCUT2D eigenvalue weighted by Gasteiger charge is -2.25. The number of nitrogens with one attached hydrogen (secondary N) is 3. The van der Waals surface area contributed by atoms with Crippen molar-refractivity contribution in [2.45, 2.75) is 19.0 Å². The first-order valence-corrected chi connectivity index (χ1v) is 8.16. The molecular formula is C13H19N3O3S. The molecule has 1 aliphatic rings. The number of amides is 1. The van der Waals surface area contributed by atoms with Crippen molar-refractivity contribution in [1.82, 2.24) is 15.4 Å². The first kappa shape index (κ1) is 15.0. The highest BCUT2D eigenvalue weighted by molar-refractivity contribution is 7.89. The maximum Gasteiger partial charge on any atom is 0.237 e. The van der Waals surface area contributed by atoms with Crippen LogP contribution in [0.2, 0.25) is 0 Å². The molecule has 0 aliphatic carbocycles. The number of benzene rings is 1. The van der Waals surface area contributed by atoms with Crippen molar-refractivity contribution >= 4 is 15.9 Å². The fourth-order valence-corrected chi connectivity index (χ4v) is 2.75. The molecule has 0 aromatic heterocycles. The largest absolute Gasteiger partial charge is 0.354 e. The van der Waals surface area contributed by atoms with Gasteiger partial charge in [0, 0.05) is 13.1 Å². The van der Waals surface area contributed by atoms with Crippen LogP contribution in [0.5, 0.6) is 0 Å². The van der Waals surface area contributed by atoms with Crippen LogP contribution in [0.4, 0.5) is 0 Å². The standard InChI is InChI=1S/C13H19N3O3S/c1-14-20(18,19)7-6-15-13(17)12-8-10-4-2-3-5-11(10)9-16-12/h2-5,12,14,16H,6-9H2,1H3,(H,15,17)/t12-/m0/s1. The zero-order valence-corrected chi connectivity index (χ0v) is 12.2. The highest BCUT2D eigenvalue weighted by Gasteiger charge is 2.23. The first-order valence-electron chi connectivity index (χ1n) is 6.51. The predicted molar refractivity (Wildman–Crippen MR) is 76.6 cm³/mol. The summed E-state index contributed by atoms with van der Waals surface area (Å²) in [6.07, 6.45) is 0.626. The summed E-state index contributed by atoms with van der Waals surface area (Å²) in [5.74, 6) is -0.274. The van der Waals surface area contributed by atoms with Gasteiger partial charge >= 0.3 is 0 Å². The van der Waals surface area contributed by atoms with Crippen molar-refractivity contribution in [3.63, 3.8) is 0 Å². The van der Waals surface area contributed by atoms with Gasteiger partial charge in [-0.1, -0.05) is 24.3 Å². The Bertz CT molecular complexity index is 586. The maximum absolute atomic E-state index is 12.0. The number of carbonyl (C=O) groups is 1. The summed E-state index contributed by atoms with van der Waals surface area (Å²) in [7, 11) is -1.92. The number of carbonyl (C=O) groups excluding carboxylic acids is 1. The number of fused-ring (bicyclic) bond motifs is 1. The molecule has 1 amide bonds. The second-order valence-electron chi connectivity index (χ2n) is 4.72. The fourth-order valence-electron chi connectivity index (χ4n) is 2.17. The van der Waals surface area contributed by atoms with E-state index < -0.39 is 10.0 Å². The van der Waals surface area contributed by atoms with Gasteiger partial charge in [0.2, 0.25) is 15.9 Å². The number of hydrogen-bond acceptors (Lipinski definition) is 4. The van der Waals surface area contributed by atoms with Gasteiger partial charge < -0.3 is 10.6 Å². The molecule has 0 saturated carbocycles. The van der Waals surface area contributed by atoms with Crippen LogP contribution in [0, 0.1) is 0 Å². The molecule has 7 heteroatoms. The lowest BCUT2D eigenvalue weighted by molar-refractivity contribution is -0.123. The number of hydrogen-bond donors (Lipinski definition) is 3. The summed E-state index contributed by atoms with van der Waals surface area (Å²) in [6.45, 7) is 0.769. The van der Waals surface area contributed by atoms with E-state index in [1.54, 1.807) is 0 Å². The van der Waals surface area contributed by atoms with E-state index >= 15 is 0 Å². The third-order valence-corrected chi connectivity index (χ3v) is 4.74. The van der Waals surface area contributed by atoms with Gasteiger partial charge in [-0.15, -0.1) is 0 Å². The Kier molecular flexibility index (Phi) is 4.74. The molecule has 6 nitrogen and oxygen atoms in total. The third-order valence-electron chi connectivity index (χ3n) is 3.38. The van der Waals surface area contributed by atoms with Crippen LogP contribution >= 0.6 is 0 Å². The lowest BCUT2D eigenvalue weighted by Crippen LogP contribution is -2.48. The van der Waals surface area contributed by atoms with Gasteiger partial charge in [-0.25, -0.2) is 13.1 Å². The molecule has 1 aromatic rings. The third kappa shape index (κ3) is 3.78. The van der Waals surface area contributed by atoms with Crippen LogP contribution in [0.25, 0.3) is 0 Å². The van der Waals surface area contributed by atoms with Crippen LogP contribution in [-0.2, 0) is 27.8 Å². The second-order valence-corrected chi connectivity index (χ2v) is 6.77. The van der Waals surface area contributed by atoms with Crippen LogP contribution in [0.3, 0.4) is 0 Å². The van der Waals surface area contributed by atoms with Gasteiger partial charge in [-0.3, -0.25) is 4.79 Å². The molecule has 0 saturated heterocycles. The molecule has 0 spiro atoms. The summed E-state index contributed by atoms with van der Waals surface area (Å²) in [6, 6.07) is 7.68. The maximum atomic E-state index is 12.0. The molecule has 0 bridgehead atoms. The van der Waals surface area contributed by atoms with Gasteiger partial charge in [-0.05, 0) is 24.6 Å². The van der Waals surface area contributed by atoms with E-state index in [-0.39, 0.29) is 24.2 Å². The predicted octanol–water partition coefficient (Wildman–Crippen LogP) is -0.634.